The van der Waals surface area contributed by atoms with E-state index >= 15 is 0 Å². The van der Waals surface area contributed by atoms with E-state index in [2.05, 4.69) is 126 Å². The van der Waals surface area contributed by atoms with E-state index in [1.54, 1.807) is 0 Å². The number of hydrogen-bond acceptors (Lipinski definition) is 2. The fourth-order valence-electron chi connectivity index (χ4n) is 4.70. The van der Waals surface area contributed by atoms with Crippen molar-refractivity contribution in [3.8, 4) is 0 Å². The molecule has 0 saturated carbocycles. The van der Waals surface area contributed by atoms with Crippen LogP contribution in [-0.2, 0) is 0 Å². The van der Waals surface area contributed by atoms with Crippen LogP contribution in [0.2, 0.25) is 0 Å². The van der Waals surface area contributed by atoms with Gasteiger partial charge in [-0.25, -0.2) is 0 Å². The molecule has 9 nitrogen and oxygen atoms in total. The molecule has 0 spiro atoms. The van der Waals surface area contributed by atoms with Crippen molar-refractivity contribution in [2.45, 2.75) is 58.5 Å². The van der Waals surface area contributed by atoms with Gasteiger partial charge in [-0.3, -0.25) is 4.91 Å². The Hall–Kier alpha value is -2.73. The van der Waals surface area contributed by atoms with Gasteiger partial charge in [-0.15, -0.1) is 0 Å². The number of benzene rings is 4. The first-order valence-electron chi connectivity index (χ1n) is 14.6. The molecule has 4 rings (SSSR count). The third-order valence-electron chi connectivity index (χ3n) is 6.94. The molecule has 232 valence electrons. The monoisotopic (exact) mass is 847 g/mol. The number of rotatable bonds is 14. The van der Waals surface area contributed by atoms with E-state index in [0.717, 1.165) is 30.4 Å². The molecule has 0 fully saturated rings. The molecule has 0 radical (unpaired) electrons. The van der Waals surface area contributed by atoms with Crippen molar-refractivity contribution < 1.29 is 29.6 Å². The van der Waals surface area contributed by atoms with Gasteiger partial charge >= 0.3 is 29.6 Å². The number of halogens is 2. The van der Waals surface area contributed by atoms with E-state index in [4.69, 9.17) is 22.1 Å². The zero-order valence-electron chi connectivity index (χ0n) is 25.9. The molecule has 4 aromatic rings. The summed E-state index contributed by atoms with van der Waals surface area (Å²) in [5.74, 6) is 0. The molecule has 4 unspecified atom stereocenters. The molecule has 0 aromatic heterocycles. The molecule has 0 aliphatic carbocycles. The SMILES string of the molecule is IC(CCCC(I)c1ccccc1)c1ccccc1.[N-]=[N+]=NC(CCCC(N=[N+]=[N-])c1ccccc1)c1ccccc1.[N-]=[N+]=[N-].[Na+]. The van der Waals surface area contributed by atoms with Crippen molar-refractivity contribution in [1.82, 2.24) is 0 Å². The summed E-state index contributed by atoms with van der Waals surface area (Å²) < 4.78 is 1.27. The molecule has 12 heteroatoms. The number of azide groups is 2. The normalized spacial score (nSPS) is 12.2. The van der Waals surface area contributed by atoms with Gasteiger partial charge in [0.2, 0.25) is 0 Å². The maximum absolute atomic E-state index is 8.76. The van der Waals surface area contributed by atoms with E-state index in [0.29, 0.717) is 7.85 Å². The number of hydrogen-bond donors (Lipinski definition) is 0. The van der Waals surface area contributed by atoms with Crippen LogP contribution in [0.15, 0.2) is 132 Å². The average Bonchev–Trinajstić information content (AvgIpc) is 3.09. The molecule has 0 aliphatic heterocycles. The minimum Gasteiger partial charge on any atom is -0.373 e. The topological polar surface area (TPSA) is 156 Å². The van der Waals surface area contributed by atoms with Gasteiger partial charge < -0.3 is 11.1 Å². The molecule has 4 aromatic carbocycles. The minimum absolute atomic E-state index is 0. The number of nitrogens with zero attached hydrogens (tertiary/aromatic N) is 9. The van der Waals surface area contributed by atoms with Gasteiger partial charge in [0.15, 0.2) is 0 Å². The van der Waals surface area contributed by atoms with Crippen LogP contribution in [0, 0.1) is 0 Å². The van der Waals surface area contributed by atoms with Crippen molar-refractivity contribution in [2.24, 2.45) is 10.2 Å². The molecule has 46 heavy (non-hydrogen) atoms. The van der Waals surface area contributed by atoms with Gasteiger partial charge in [-0.05, 0) is 59.0 Å². The van der Waals surface area contributed by atoms with Crippen molar-refractivity contribution in [3.63, 3.8) is 0 Å². The van der Waals surface area contributed by atoms with Crippen LogP contribution in [0.4, 0.5) is 0 Å². The van der Waals surface area contributed by atoms with Crippen molar-refractivity contribution in [1.29, 1.82) is 0 Å². The Morgan fingerprint density at radius 2 is 0.717 bits per heavy atom. The Morgan fingerprint density at radius 1 is 0.457 bits per heavy atom. The predicted octanol–water partition coefficient (Wildman–Crippen LogP) is 10.6. The molecule has 0 bridgehead atoms. The van der Waals surface area contributed by atoms with Gasteiger partial charge in [0, 0.05) is 17.7 Å². The Kier molecular flexibility index (Phi) is 23.7. The van der Waals surface area contributed by atoms with E-state index in [-0.39, 0.29) is 41.6 Å². The van der Waals surface area contributed by atoms with Crippen LogP contribution in [0.25, 0.3) is 36.9 Å². The van der Waals surface area contributed by atoms with Crippen LogP contribution >= 0.6 is 45.2 Å². The van der Waals surface area contributed by atoms with Crippen LogP contribution in [0.1, 0.15) is 80.7 Å². The number of alkyl halides is 2. The fraction of sp³-hybridized carbons (Fsp3) is 0.294. The maximum atomic E-state index is 8.76. The molecule has 0 N–H and O–H groups in total. The third kappa shape index (κ3) is 16.7. The molecule has 4 atom stereocenters. The summed E-state index contributed by atoms with van der Waals surface area (Å²) in [6, 6.07) is 40.7. The second kappa shape index (κ2) is 26.4. The Balaban J connectivity index is 0.000000421. The summed E-state index contributed by atoms with van der Waals surface area (Å²) in [6.07, 6.45) is 6.05. The Morgan fingerprint density at radius 3 is 1.00 bits per heavy atom. The first-order chi connectivity index (χ1) is 22.0. The van der Waals surface area contributed by atoms with Crippen molar-refractivity contribution in [2.75, 3.05) is 0 Å². The summed E-state index contributed by atoms with van der Waals surface area (Å²) in [7, 11) is 0. The molecule has 0 heterocycles. The van der Waals surface area contributed by atoms with E-state index < -0.39 is 0 Å². The van der Waals surface area contributed by atoms with Crippen LogP contribution in [0.3, 0.4) is 0 Å². The van der Waals surface area contributed by atoms with Gasteiger partial charge in [0.05, 0.1) is 12.1 Å². The standard InChI is InChI=1S/C17H18I2.C17H18N6.N3.Na/c18-16(14-8-3-1-4-9-14)12-7-13-17(19)15-10-5-2-6-11-15;18-22-20-16(14-8-3-1-4-9-14)12-7-13-17(21-23-19)15-10-5-2-6-11-15;1-3-2;/h1-6,8-11,16-17H,7,12-13H2;1-6,8-11,16-17H,7,12-13H2;;/q;;-1;+1. The molecule has 0 aliphatic rings. The quantitative estimate of drug-likeness (QED) is 0.0296. The molecular formula is C34H36I2N9Na. The van der Waals surface area contributed by atoms with Gasteiger partial charge in [-0.2, -0.15) is 0 Å². The third-order valence-corrected chi connectivity index (χ3v) is 9.63. The molecular weight excluding hydrogens is 811 g/mol. The Labute approximate surface area is 320 Å². The van der Waals surface area contributed by atoms with Crippen LogP contribution in [-0.4, -0.2) is 0 Å². The first-order valence-corrected chi connectivity index (χ1v) is 17.1. The van der Waals surface area contributed by atoms with Crippen LogP contribution < -0.4 is 29.6 Å². The average molecular weight is 848 g/mol. The van der Waals surface area contributed by atoms with E-state index in [1.807, 2.05) is 60.7 Å². The van der Waals surface area contributed by atoms with E-state index in [9.17, 15) is 0 Å². The van der Waals surface area contributed by atoms with Crippen LogP contribution in [0.5, 0.6) is 0 Å². The van der Waals surface area contributed by atoms with E-state index in [1.165, 1.54) is 35.3 Å². The minimum atomic E-state index is -0.191. The zero-order valence-corrected chi connectivity index (χ0v) is 32.2. The summed E-state index contributed by atoms with van der Waals surface area (Å²) in [4.78, 5) is 7.40. The van der Waals surface area contributed by atoms with Gasteiger partial charge in [0.1, 0.15) is 0 Å². The zero-order chi connectivity index (χ0) is 32.5. The maximum Gasteiger partial charge on any atom is 1.00 e. The fourth-order valence-corrected chi connectivity index (χ4v) is 6.41. The molecule has 0 amide bonds. The largest absolute Gasteiger partial charge is 1.00 e. The Bertz CT molecular complexity index is 1370. The smallest absolute Gasteiger partial charge is 0.373 e. The summed E-state index contributed by atoms with van der Waals surface area (Å²) >= 11 is 5.13. The summed E-state index contributed by atoms with van der Waals surface area (Å²) in [5.41, 5.74) is 35.9. The first kappa shape index (κ1) is 41.3. The summed E-state index contributed by atoms with van der Waals surface area (Å²) in [6.45, 7) is 0. The van der Waals surface area contributed by atoms with Crippen molar-refractivity contribution >= 4 is 45.2 Å². The van der Waals surface area contributed by atoms with Crippen molar-refractivity contribution in [3.05, 3.63) is 180 Å². The summed E-state index contributed by atoms with van der Waals surface area (Å²) in [5, 5.41) is 7.77. The molecule has 0 saturated heterocycles. The predicted molar refractivity (Wildman–Crippen MR) is 201 cm³/mol. The van der Waals surface area contributed by atoms with Gasteiger partial charge in [-0.1, -0.05) is 190 Å². The second-order valence-electron chi connectivity index (χ2n) is 9.97. The second-order valence-corrected chi connectivity index (χ2v) is 13.0. The van der Waals surface area contributed by atoms with Gasteiger partial charge in [0.25, 0.3) is 0 Å².